The van der Waals surface area contributed by atoms with E-state index in [1.54, 1.807) is 51.8 Å². The molecule has 202 valence electrons. The maximum absolute atomic E-state index is 13.0. The number of nitrogens with one attached hydrogen (secondary N) is 3. The fourth-order valence-electron chi connectivity index (χ4n) is 3.64. The number of aryl methyl sites for hydroxylation is 1. The average Bonchev–Trinajstić information content (AvgIpc) is 3.34. The molecule has 0 bridgehead atoms. The van der Waals surface area contributed by atoms with E-state index in [9.17, 15) is 9.59 Å². The number of nitrogens with zero attached hydrogens (tertiary/aromatic N) is 5. The number of anilines is 3. The first-order valence-corrected chi connectivity index (χ1v) is 12.7. The van der Waals surface area contributed by atoms with Crippen LogP contribution in [0.4, 0.5) is 17.3 Å². The quantitative estimate of drug-likeness (QED) is 0.349. The summed E-state index contributed by atoms with van der Waals surface area (Å²) in [6, 6.07) is 8.81. The second-order valence-corrected chi connectivity index (χ2v) is 8.32. The van der Waals surface area contributed by atoms with Crippen LogP contribution < -0.4 is 21.5 Å². The Morgan fingerprint density at radius 2 is 1.89 bits per heavy atom. The van der Waals surface area contributed by atoms with Crippen molar-refractivity contribution >= 4 is 28.9 Å². The van der Waals surface area contributed by atoms with Crippen molar-refractivity contribution in [2.45, 2.75) is 46.1 Å². The lowest BCUT2D eigenvalue weighted by molar-refractivity contribution is 0.0412. The van der Waals surface area contributed by atoms with Gasteiger partial charge in [0.05, 0.1) is 24.2 Å². The fraction of sp³-hybridized carbons (Fsp3) is 0.370. The summed E-state index contributed by atoms with van der Waals surface area (Å²) in [4.78, 5) is 33.9. The van der Waals surface area contributed by atoms with Crippen LogP contribution in [0, 0.1) is 6.92 Å². The topological polar surface area (TPSA) is 127 Å². The van der Waals surface area contributed by atoms with Crippen LogP contribution in [0.15, 0.2) is 53.7 Å². The van der Waals surface area contributed by atoms with E-state index in [0.717, 1.165) is 5.69 Å². The van der Waals surface area contributed by atoms with Gasteiger partial charge in [-0.3, -0.25) is 19.1 Å². The molecule has 0 aliphatic heterocycles. The first-order valence-electron chi connectivity index (χ1n) is 12.7. The molecule has 1 saturated carbocycles. The van der Waals surface area contributed by atoms with Gasteiger partial charge < -0.3 is 20.7 Å². The molecule has 1 fully saturated rings. The Morgan fingerprint density at radius 1 is 1.13 bits per heavy atom. The first-order chi connectivity index (χ1) is 18.4. The van der Waals surface area contributed by atoms with Crippen LogP contribution in [0.25, 0.3) is 11.3 Å². The summed E-state index contributed by atoms with van der Waals surface area (Å²) in [6.45, 7) is 5.88. The molecule has 38 heavy (non-hydrogen) atoms. The molecule has 4 aromatic rings. The van der Waals surface area contributed by atoms with E-state index in [4.69, 9.17) is 4.74 Å². The lowest BCUT2D eigenvalue weighted by Gasteiger charge is -2.22. The molecule has 11 nitrogen and oxygen atoms in total. The Bertz CT molecular complexity index is 1410. The van der Waals surface area contributed by atoms with Crippen molar-refractivity contribution in [1.82, 2.24) is 29.5 Å². The molecule has 3 N–H and O–H groups in total. The van der Waals surface area contributed by atoms with E-state index >= 15 is 0 Å². The van der Waals surface area contributed by atoms with E-state index in [1.807, 2.05) is 32.9 Å². The molecule has 0 spiro atoms. The maximum atomic E-state index is 13.0. The van der Waals surface area contributed by atoms with Gasteiger partial charge in [-0.1, -0.05) is 13.8 Å². The standard InChI is InChI=1S/C20H20N8O2.C5H10O.C2H6/c1-12-6-7-13(10-23-12)27-8-4-5-15(20(27)30)25-16-9-17(21-2)28-18(26-16)14(11-24-28)19(29)22-3;1-6-5-3-2-4-5;1-2/h4-11,21H,1-3H3,(H,22,29)(H,25,26);5H,2-4H2,1H3;1-2H3. The summed E-state index contributed by atoms with van der Waals surface area (Å²) < 4.78 is 8.01. The predicted octanol–water partition coefficient (Wildman–Crippen LogP) is 3.94. The van der Waals surface area contributed by atoms with Crippen molar-refractivity contribution in [1.29, 1.82) is 0 Å². The third kappa shape index (κ3) is 6.35. The highest BCUT2D eigenvalue weighted by Crippen LogP contribution is 2.21. The number of carbonyl (C=O) groups excluding carboxylic acids is 1. The Kier molecular flexibility index (Phi) is 9.94. The lowest BCUT2D eigenvalue weighted by Crippen LogP contribution is -2.21. The lowest BCUT2D eigenvalue weighted by atomic mass is 9.96. The number of ether oxygens (including phenoxy) is 1. The zero-order valence-electron chi connectivity index (χ0n) is 22.8. The molecule has 1 amide bonds. The largest absolute Gasteiger partial charge is 0.381 e. The summed E-state index contributed by atoms with van der Waals surface area (Å²) in [6.07, 6.45) is 9.34. The van der Waals surface area contributed by atoms with Crippen molar-refractivity contribution in [2.75, 3.05) is 31.8 Å². The summed E-state index contributed by atoms with van der Waals surface area (Å²) in [5.74, 6) is 0.705. The van der Waals surface area contributed by atoms with Crippen molar-refractivity contribution in [3.05, 3.63) is 70.5 Å². The van der Waals surface area contributed by atoms with Gasteiger partial charge in [0, 0.05) is 39.2 Å². The molecule has 4 aromatic heterocycles. The summed E-state index contributed by atoms with van der Waals surface area (Å²) in [5.41, 5.74) is 2.29. The highest BCUT2D eigenvalue weighted by molar-refractivity contribution is 5.99. The van der Waals surface area contributed by atoms with Crippen LogP contribution in [-0.2, 0) is 4.74 Å². The highest BCUT2D eigenvalue weighted by Gasteiger charge is 2.17. The summed E-state index contributed by atoms with van der Waals surface area (Å²) in [7, 11) is 5.06. The Hall–Kier alpha value is -4.25. The van der Waals surface area contributed by atoms with Crippen LogP contribution in [-0.4, -0.2) is 57.4 Å². The van der Waals surface area contributed by atoms with Crippen molar-refractivity contribution in [2.24, 2.45) is 0 Å². The molecule has 0 radical (unpaired) electrons. The van der Waals surface area contributed by atoms with Gasteiger partial charge >= 0.3 is 0 Å². The number of fused-ring (bicyclic) bond motifs is 1. The van der Waals surface area contributed by atoms with Crippen molar-refractivity contribution < 1.29 is 9.53 Å². The SMILES string of the molecule is CC.CNC(=O)c1cnn2c(NC)cc(Nc3cccn(-c4ccc(C)nc4)c3=O)nc12.COC1CCC1. The molecule has 1 aliphatic carbocycles. The van der Waals surface area contributed by atoms with Crippen molar-refractivity contribution in [3.63, 3.8) is 0 Å². The van der Waals surface area contributed by atoms with E-state index in [2.05, 4.69) is 31.0 Å². The van der Waals surface area contributed by atoms with E-state index in [-0.39, 0.29) is 11.5 Å². The number of aromatic nitrogens is 5. The highest BCUT2D eigenvalue weighted by atomic mass is 16.5. The van der Waals surface area contributed by atoms with Crippen LogP contribution in [0.1, 0.15) is 49.2 Å². The van der Waals surface area contributed by atoms with Crippen LogP contribution in [0.3, 0.4) is 0 Å². The van der Waals surface area contributed by atoms with E-state index < -0.39 is 0 Å². The molecule has 0 saturated heterocycles. The van der Waals surface area contributed by atoms with Crippen LogP contribution in [0.5, 0.6) is 0 Å². The number of hydrogen-bond donors (Lipinski definition) is 3. The van der Waals surface area contributed by atoms with Gasteiger partial charge in [0.15, 0.2) is 5.65 Å². The Morgan fingerprint density at radius 3 is 2.45 bits per heavy atom. The number of amides is 1. The number of carbonyl (C=O) groups is 1. The normalized spacial score (nSPS) is 12.4. The van der Waals surface area contributed by atoms with Crippen LogP contribution >= 0.6 is 0 Å². The van der Waals surface area contributed by atoms with Gasteiger partial charge in [0.1, 0.15) is 22.9 Å². The van der Waals surface area contributed by atoms with Gasteiger partial charge in [0.2, 0.25) is 0 Å². The van der Waals surface area contributed by atoms with Gasteiger partial charge in [-0.05, 0) is 50.5 Å². The van der Waals surface area contributed by atoms with Crippen LogP contribution in [0.2, 0.25) is 0 Å². The summed E-state index contributed by atoms with van der Waals surface area (Å²) >= 11 is 0. The Balaban J connectivity index is 0.000000434. The minimum absolute atomic E-state index is 0.254. The van der Waals surface area contributed by atoms with E-state index in [1.165, 1.54) is 34.5 Å². The molecule has 1 aliphatic rings. The number of methoxy groups -OCH3 is 1. The van der Waals surface area contributed by atoms with E-state index in [0.29, 0.717) is 40.3 Å². The van der Waals surface area contributed by atoms with Gasteiger partial charge in [-0.15, -0.1) is 0 Å². The minimum atomic E-state index is -0.300. The third-order valence-corrected chi connectivity index (χ3v) is 5.97. The Labute approximate surface area is 222 Å². The monoisotopic (exact) mass is 520 g/mol. The molecule has 5 rings (SSSR count). The molecule has 4 heterocycles. The van der Waals surface area contributed by atoms with Gasteiger partial charge in [0.25, 0.3) is 11.5 Å². The summed E-state index contributed by atoms with van der Waals surface area (Å²) in [5, 5.41) is 12.9. The molecule has 0 atom stereocenters. The number of hydrogen-bond acceptors (Lipinski definition) is 8. The predicted molar refractivity (Wildman–Crippen MR) is 150 cm³/mol. The fourth-order valence-corrected chi connectivity index (χ4v) is 3.64. The molecule has 0 unspecified atom stereocenters. The minimum Gasteiger partial charge on any atom is -0.381 e. The molecule has 11 heteroatoms. The van der Waals surface area contributed by atoms with Gasteiger partial charge in [-0.2, -0.15) is 9.61 Å². The maximum Gasteiger partial charge on any atom is 0.278 e. The average molecular weight is 521 g/mol. The van der Waals surface area contributed by atoms with Crippen molar-refractivity contribution in [3.8, 4) is 5.69 Å². The zero-order chi connectivity index (χ0) is 27.7. The molecule has 0 aromatic carbocycles. The smallest absolute Gasteiger partial charge is 0.278 e. The number of pyridine rings is 2. The zero-order valence-corrected chi connectivity index (χ0v) is 22.8. The second-order valence-electron chi connectivity index (χ2n) is 8.32. The first kappa shape index (κ1) is 28.3. The molecular formula is C27H36N8O3. The number of rotatable bonds is 6. The second kappa shape index (κ2) is 13.3. The van der Waals surface area contributed by atoms with Gasteiger partial charge in [-0.25, -0.2) is 4.98 Å². The third-order valence-electron chi connectivity index (χ3n) is 5.97. The molecular weight excluding hydrogens is 484 g/mol.